The zero-order valence-electron chi connectivity index (χ0n) is 11.7. The predicted molar refractivity (Wildman–Crippen MR) is 73.4 cm³/mol. The van der Waals surface area contributed by atoms with Crippen LogP contribution >= 0.6 is 0 Å². The minimum Gasteiger partial charge on any atom is -0.478 e. The van der Waals surface area contributed by atoms with Gasteiger partial charge in [-0.25, -0.2) is 4.98 Å². The summed E-state index contributed by atoms with van der Waals surface area (Å²) in [6, 6.07) is 5.65. The molecule has 1 aromatic heterocycles. The molecular formula is C15H20N2O3. The molecule has 0 radical (unpaired) electrons. The van der Waals surface area contributed by atoms with Gasteiger partial charge in [0.25, 0.3) is 0 Å². The molecule has 5 heteroatoms. The van der Waals surface area contributed by atoms with E-state index >= 15 is 0 Å². The molecule has 2 fully saturated rings. The van der Waals surface area contributed by atoms with E-state index in [1.54, 1.807) is 13.1 Å². The van der Waals surface area contributed by atoms with Crippen molar-refractivity contribution in [2.24, 2.45) is 5.92 Å². The number of ether oxygens (including phenoxy) is 2. The molecule has 1 spiro atoms. The fourth-order valence-corrected chi connectivity index (χ4v) is 3.10. The smallest absolute Gasteiger partial charge is 0.219 e. The summed E-state index contributed by atoms with van der Waals surface area (Å²) < 4.78 is 11.6. The maximum absolute atomic E-state index is 11.3. The monoisotopic (exact) mass is 276 g/mol. The van der Waals surface area contributed by atoms with Gasteiger partial charge in [-0.1, -0.05) is 6.07 Å². The first-order chi connectivity index (χ1) is 9.70. The molecule has 0 aliphatic carbocycles. The molecule has 108 valence electrons. The normalized spacial score (nSPS) is 23.6. The van der Waals surface area contributed by atoms with Crippen LogP contribution in [0.3, 0.4) is 0 Å². The standard InChI is InChI=1S/C15H20N2O3/c1-12(18)17-10-15(11-17)13(6-9-20-15)5-8-19-14-4-2-3-7-16-14/h2-4,7,13H,5-6,8-11H2,1H3/t13-/m0/s1. The fraction of sp³-hybridized carbons (Fsp3) is 0.600. The summed E-state index contributed by atoms with van der Waals surface area (Å²) in [5.74, 6) is 1.27. The Morgan fingerprint density at radius 3 is 3.10 bits per heavy atom. The Balaban J connectivity index is 1.49. The fourth-order valence-electron chi connectivity index (χ4n) is 3.10. The van der Waals surface area contributed by atoms with E-state index in [-0.39, 0.29) is 11.5 Å². The number of aromatic nitrogens is 1. The number of carbonyl (C=O) groups excluding carboxylic acids is 1. The largest absolute Gasteiger partial charge is 0.478 e. The van der Waals surface area contributed by atoms with Gasteiger partial charge in [-0.2, -0.15) is 0 Å². The van der Waals surface area contributed by atoms with Crippen molar-refractivity contribution in [1.82, 2.24) is 9.88 Å². The van der Waals surface area contributed by atoms with Crippen molar-refractivity contribution in [1.29, 1.82) is 0 Å². The highest BCUT2D eigenvalue weighted by Crippen LogP contribution is 2.41. The van der Waals surface area contributed by atoms with Gasteiger partial charge >= 0.3 is 0 Å². The summed E-state index contributed by atoms with van der Waals surface area (Å²) in [6.45, 7) is 4.51. The number of carbonyl (C=O) groups is 1. The third kappa shape index (κ3) is 2.50. The van der Waals surface area contributed by atoms with Crippen molar-refractivity contribution >= 4 is 5.91 Å². The second kappa shape index (κ2) is 5.40. The first kappa shape index (κ1) is 13.4. The number of amides is 1. The van der Waals surface area contributed by atoms with E-state index in [1.165, 1.54) is 0 Å². The molecule has 1 atom stereocenters. The molecule has 0 unspecified atom stereocenters. The van der Waals surface area contributed by atoms with Crippen molar-refractivity contribution in [3.05, 3.63) is 24.4 Å². The first-order valence-corrected chi connectivity index (χ1v) is 7.13. The molecule has 3 rings (SSSR count). The predicted octanol–water partition coefficient (Wildman–Crippen LogP) is 1.49. The van der Waals surface area contributed by atoms with Crippen LogP contribution < -0.4 is 4.74 Å². The van der Waals surface area contributed by atoms with E-state index in [1.807, 2.05) is 23.1 Å². The van der Waals surface area contributed by atoms with E-state index in [0.717, 1.165) is 32.5 Å². The Bertz CT molecular complexity index is 471. The van der Waals surface area contributed by atoms with Gasteiger partial charge in [0.2, 0.25) is 11.8 Å². The average molecular weight is 276 g/mol. The van der Waals surface area contributed by atoms with Gasteiger partial charge in [0, 0.05) is 25.8 Å². The molecule has 0 N–H and O–H groups in total. The highest BCUT2D eigenvalue weighted by Gasteiger charge is 2.53. The minimum atomic E-state index is -0.112. The lowest BCUT2D eigenvalue weighted by atomic mass is 9.79. The molecule has 1 amide bonds. The zero-order chi connectivity index (χ0) is 14.0. The number of nitrogens with zero attached hydrogens (tertiary/aromatic N) is 2. The Labute approximate surface area is 118 Å². The van der Waals surface area contributed by atoms with E-state index < -0.39 is 0 Å². The van der Waals surface area contributed by atoms with Crippen molar-refractivity contribution < 1.29 is 14.3 Å². The SMILES string of the molecule is CC(=O)N1CC2(C1)OCC[C@@H]2CCOc1ccccn1. The lowest BCUT2D eigenvalue weighted by Gasteiger charge is -2.50. The van der Waals surface area contributed by atoms with Crippen LogP contribution in [0.4, 0.5) is 0 Å². The van der Waals surface area contributed by atoms with Crippen LogP contribution in [-0.2, 0) is 9.53 Å². The first-order valence-electron chi connectivity index (χ1n) is 7.13. The molecule has 0 bridgehead atoms. The van der Waals surface area contributed by atoms with Crippen LogP contribution in [0.25, 0.3) is 0 Å². The van der Waals surface area contributed by atoms with E-state index in [4.69, 9.17) is 9.47 Å². The van der Waals surface area contributed by atoms with Crippen molar-refractivity contribution in [3.8, 4) is 5.88 Å². The molecule has 3 heterocycles. The Morgan fingerprint density at radius 2 is 2.40 bits per heavy atom. The summed E-state index contributed by atoms with van der Waals surface area (Å²) in [7, 11) is 0. The summed E-state index contributed by atoms with van der Waals surface area (Å²) in [5.41, 5.74) is -0.112. The summed E-state index contributed by atoms with van der Waals surface area (Å²) in [4.78, 5) is 17.3. The van der Waals surface area contributed by atoms with Gasteiger partial charge in [-0.15, -0.1) is 0 Å². The summed E-state index contributed by atoms with van der Waals surface area (Å²) >= 11 is 0. The molecule has 0 aromatic carbocycles. The van der Waals surface area contributed by atoms with Gasteiger partial charge in [0.1, 0.15) is 5.60 Å². The lowest BCUT2D eigenvalue weighted by molar-refractivity contribution is -0.163. The van der Waals surface area contributed by atoms with Gasteiger partial charge in [0.15, 0.2) is 0 Å². The van der Waals surface area contributed by atoms with Gasteiger partial charge < -0.3 is 14.4 Å². The molecule has 1 aromatic rings. The van der Waals surface area contributed by atoms with Crippen LogP contribution in [0, 0.1) is 5.92 Å². The van der Waals surface area contributed by atoms with E-state index in [2.05, 4.69) is 4.98 Å². The quantitative estimate of drug-likeness (QED) is 0.836. The number of pyridine rings is 1. The molecular weight excluding hydrogens is 256 g/mol. The Morgan fingerprint density at radius 1 is 1.55 bits per heavy atom. The Kier molecular flexibility index (Phi) is 3.61. The molecule has 2 aliphatic heterocycles. The number of likely N-dealkylation sites (tertiary alicyclic amines) is 1. The van der Waals surface area contributed by atoms with Gasteiger partial charge in [-0.3, -0.25) is 4.79 Å². The number of hydrogen-bond acceptors (Lipinski definition) is 4. The van der Waals surface area contributed by atoms with Crippen molar-refractivity contribution in [2.45, 2.75) is 25.4 Å². The molecule has 5 nitrogen and oxygen atoms in total. The third-order valence-corrected chi connectivity index (χ3v) is 4.32. The van der Waals surface area contributed by atoms with E-state index in [9.17, 15) is 4.79 Å². The topological polar surface area (TPSA) is 51.7 Å². The van der Waals surface area contributed by atoms with E-state index in [0.29, 0.717) is 18.4 Å². The van der Waals surface area contributed by atoms with Gasteiger partial charge in [-0.05, 0) is 24.8 Å². The van der Waals surface area contributed by atoms with Crippen molar-refractivity contribution in [2.75, 3.05) is 26.3 Å². The Hall–Kier alpha value is -1.62. The third-order valence-electron chi connectivity index (χ3n) is 4.32. The molecule has 20 heavy (non-hydrogen) atoms. The molecule has 2 saturated heterocycles. The van der Waals surface area contributed by atoms with Crippen LogP contribution in [0.2, 0.25) is 0 Å². The summed E-state index contributed by atoms with van der Waals surface area (Å²) in [6.07, 6.45) is 3.73. The van der Waals surface area contributed by atoms with Crippen LogP contribution in [0.5, 0.6) is 5.88 Å². The van der Waals surface area contributed by atoms with Crippen molar-refractivity contribution in [3.63, 3.8) is 0 Å². The number of rotatable bonds is 4. The van der Waals surface area contributed by atoms with Crippen LogP contribution in [0.15, 0.2) is 24.4 Å². The second-order valence-corrected chi connectivity index (χ2v) is 5.58. The summed E-state index contributed by atoms with van der Waals surface area (Å²) in [5, 5.41) is 0. The maximum Gasteiger partial charge on any atom is 0.219 e. The van der Waals surface area contributed by atoms with Crippen LogP contribution in [0.1, 0.15) is 19.8 Å². The lowest BCUT2D eigenvalue weighted by Crippen LogP contribution is -2.65. The van der Waals surface area contributed by atoms with Crippen LogP contribution in [-0.4, -0.2) is 47.7 Å². The highest BCUT2D eigenvalue weighted by atomic mass is 16.5. The molecule has 0 saturated carbocycles. The zero-order valence-corrected chi connectivity index (χ0v) is 11.7. The highest BCUT2D eigenvalue weighted by molar-refractivity contribution is 5.74. The maximum atomic E-state index is 11.3. The minimum absolute atomic E-state index is 0.112. The number of hydrogen-bond donors (Lipinski definition) is 0. The molecule has 2 aliphatic rings. The second-order valence-electron chi connectivity index (χ2n) is 5.58. The van der Waals surface area contributed by atoms with Gasteiger partial charge in [0.05, 0.1) is 19.7 Å². The average Bonchev–Trinajstić information content (AvgIpc) is 2.82.